The third-order valence-corrected chi connectivity index (χ3v) is 4.91. The molecule has 0 N–H and O–H groups in total. The zero-order valence-electron chi connectivity index (χ0n) is 14.1. The van der Waals surface area contributed by atoms with Crippen LogP contribution in [0.3, 0.4) is 0 Å². The summed E-state index contributed by atoms with van der Waals surface area (Å²) in [6, 6.07) is 0. The van der Waals surface area contributed by atoms with Gasteiger partial charge in [-0.1, -0.05) is 6.42 Å². The van der Waals surface area contributed by atoms with E-state index in [2.05, 4.69) is 0 Å². The van der Waals surface area contributed by atoms with Gasteiger partial charge in [-0.05, 0) is 50.2 Å². The summed E-state index contributed by atoms with van der Waals surface area (Å²) in [5, 5.41) is 0.524. The van der Waals surface area contributed by atoms with Gasteiger partial charge >= 0.3 is 35.5 Å². The quantitative estimate of drug-likeness (QED) is 0.249. The van der Waals surface area contributed by atoms with Gasteiger partial charge in [-0.3, -0.25) is 20.8 Å². The zero-order valence-corrected chi connectivity index (χ0v) is 16.1. The number of allylic oxidation sites excluding steroid dienone is 2. The summed E-state index contributed by atoms with van der Waals surface area (Å²) in [4.78, 5) is 63.1. The molecule has 3 rings (SSSR count). The molecule has 0 spiro atoms. The van der Waals surface area contributed by atoms with E-state index in [0.29, 0.717) is 37.2 Å². The predicted molar refractivity (Wildman–Crippen MR) is 79.6 cm³/mol. The second-order valence-corrected chi connectivity index (χ2v) is 6.49. The number of carbonyl (C=O) groups excluding carboxylic acids is 5. The van der Waals surface area contributed by atoms with Crippen molar-refractivity contribution in [3.63, 3.8) is 0 Å². The van der Waals surface area contributed by atoms with Gasteiger partial charge < -0.3 is 9.63 Å². The maximum Gasteiger partial charge on any atom is 1.00 e. The number of hydrogen-bond acceptors (Lipinski definition) is 6. The predicted octanol–water partition coefficient (Wildman–Crippen LogP) is -2.07. The number of hydroxylamine groups is 2. The van der Waals surface area contributed by atoms with Crippen molar-refractivity contribution in [2.24, 2.45) is 17.8 Å². The molecule has 0 aromatic rings. The Morgan fingerprint density at radius 3 is 2.20 bits per heavy atom. The van der Waals surface area contributed by atoms with E-state index in [-0.39, 0.29) is 59.4 Å². The van der Waals surface area contributed by atoms with Gasteiger partial charge in [0, 0.05) is 0 Å². The molecule has 0 unspecified atom stereocenters. The van der Waals surface area contributed by atoms with Gasteiger partial charge in [0.15, 0.2) is 11.6 Å². The molecule has 128 valence electrons. The van der Waals surface area contributed by atoms with Gasteiger partial charge in [0.25, 0.3) is 0 Å². The number of amides is 2. The fourth-order valence-electron chi connectivity index (χ4n) is 3.46. The van der Waals surface area contributed by atoms with Crippen LogP contribution in [0.2, 0.25) is 0 Å². The average molecular weight is 355 g/mol. The Balaban J connectivity index is 0.00000225. The summed E-state index contributed by atoms with van der Waals surface area (Å²) in [7, 11) is 0. The van der Waals surface area contributed by atoms with E-state index in [9.17, 15) is 24.0 Å². The fourth-order valence-corrected chi connectivity index (χ4v) is 3.46. The fraction of sp³-hybridized carbons (Fsp3) is 0.529. The Hall–Kier alpha value is -1.44. The van der Waals surface area contributed by atoms with Crippen LogP contribution in [-0.4, -0.2) is 34.4 Å². The molecule has 2 aliphatic carbocycles. The molecular weight excluding hydrogens is 337 g/mol. The van der Waals surface area contributed by atoms with E-state index in [4.69, 9.17) is 4.84 Å². The first-order chi connectivity index (χ1) is 11.5. The van der Waals surface area contributed by atoms with Crippen LogP contribution >= 0.6 is 0 Å². The molecule has 3 aliphatic rings. The van der Waals surface area contributed by atoms with Crippen LogP contribution in [0.5, 0.6) is 0 Å². The Labute approximate surface area is 167 Å². The molecule has 0 aromatic heterocycles. The molecule has 0 aromatic carbocycles. The van der Waals surface area contributed by atoms with Crippen LogP contribution in [-0.2, 0) is 28.8 Å². The topological polar surface area (TPSA) is 97.8 Å². The third-order valence-electron chi connectivity index (χ3n) is 4.91. The first-order valence-electron chi connectivity index (χ1n) is 8.13. The Morgan fingerprint density at radius 1 is 1.08 bits per heavy atom. The van der Waals surface area contributed by atoms with Gasteiger partial charge in [-0.15, -0.1) is 5.06 Å². The second kappa shape index (κ2) is 8.29. The third kappa shape index (κ3) is 4.40. The van der Waals surface area contributed by atoms with E-state index < -0.39 is 23.7 Å². The van der Waals surface area contributed by atoms with Crippen LogP contribution in [0.1, 0.15) is 38.5 Å². The largest absolute Gasteiger partial charge is 1.00 e. The number of imide groups is 1. The van der Waals surface area contributed by atoms with Crippen molar-refractivity contribution in [1.82, 2.24) is 5.06 Å². The first kappa shape index (κ1) is 19.9. The molecule has 0 radical (unpaired) electrons. The van der Waals surface area contributed by atoms with E-state index in [1.165, 1.54) is 18.6 Å². The van der Waals surface area contributed by atoms with E-state index >= 15 is 0 Å². The van der Waals surface area contributed by atoms with Gasteiger partial charge in [-0.25, -0.2) is 4.79 Å². The summed E-state index contributed by atoms with van der Waals surface area (Å²) in [6.45, 7) is 0. The number of nitrogens with zero attached hydrogens (tertiary/aromatic N) is 1. The van der Waals surface area contributed by atoms with Crippen molar-refractivity contribution in [3.05, 3.63) is 18.6 Å². The van der Waals surface area contributed by atoms with Crippen LogP contribution in [0, 0.1) is 24.2 Å². The SMILES string of the molecule is O=C(ON1C(=O)[CH-]CC1=O)C1CCC(CC2C(=O)C=CC2=O)CC1.[Na+]. The van der Waals surface area contributed by atoms with E-state index in [1.807, 2.05) is 0 Å². The maximum absolute atomic E-state index is 12.1. The minimum atomic E-state index is -0.604. The molecule has 1 aliphatic heterocycles. The summed E-state index contributed by atoms with van der Waals surface area (Å²) < 4.78 is 0. The van der Waals surface area contributed by atoms with Crippen LogP contribution in [0.25, 0.3) is 0 Å². The minimum Gasteiger partial charge on any atom is -0.333 e. The van der Waals surface area contributed by atoms with Crippen LogP contribution in [0.15, 0.2) is 12.2 Å². The minimum absolute atomic E-state index is 0. The number of rotatable bonds is 4. The number of carbonyl (C=O) groups is 5. The molecule has 2 amide bonds. The van der Waals surface area contributed by atoms with Crippen LogP contribution in [0.4, 0.5) is 0 Å². The molecule has 0 atom stereocenters. The zero-order chi connectivity index (χ0) is 17.3. The standard InChI is InChI=1S/C17H18NO6.Na/c19-13-5-6-14(20)12(13)9-10-1-3-11(4-2-10)17(23)24-18-15(21)7-8-16(18)22;/h5-7,10-12H,1-4,8-9H2;/q-1;+1. The Kier molecular flexibility index (Phi) is 6.59. The molecule has 2 fully saturated rings. The maximum atomic E-state index is 12.1. The summed E-state index contributed by atoms with van der Waals surface area (Å²) in [5.74, 6) is -2.69. The molecular formula is C17H18NNaO6. The van der Waals surface area contributed by atoms with Gasteiger partial charge in [0.1, 0.15) is 5.91 Å². The number of hydrogen-bond donors (Lipinski definition) is 0. The molecule has 25 heavy (non-hydrogen) atoms. The van der Waals surface area contributed by atoms with Crippen molar-refractivity contribution in [3.8, 4) is 0 Å². The van der Waals surface area contributed by atoms with E-state index in [0.717, 1.165) is 0 Å². The van der Waals surface area contributed by atoms with Crippen molar-refractivity contribution in [2.75, 3.05) is 0 Å². The summed E-state index contributed by atoms with van der Waals surface area (Å²) in [6.07, 6.45) is 6.86. The Morgan fingerprint density at radius 2 is 1.68 bits per heavy atom. The van der Waals surface area contributed by atoms with Gasteiger partial charge in [0.2, 0.25) is 5.91 Å². The van der Waals surface area contributed by atoms with Gasteiger partial charge in [-0.2, -0.15) is 0 Å². The summed E-state index contributed by atoms with van der Waals surface area (Å²) in [5.41, 5.74) is 0. The normalized spacial score (nSPS) is 26.6. The van der Waals surface area contributed by atoms with E-state index in [1.54, 1.807) is 0 Å². The average Bonchev–Trinajstić information content (AvgIpc) is 3.05. The van der Waals surface area contributed by atoms with Crippen molar-refractivity contribution < 1.29 is 58.4 Å². The van der Waals surface area contributed by atoms with Crippen molar-refractivity contribution >= 4 is 29.4 Å². The monoisotopic (exact) mass is 355 g/mol. The number of ketones is 2. The molecule has 8 heteroatoms. The smallest absolute Gasteiger partial charge is 0.333 e. The Bertz CT molecular complexity index is 601. The molecule has 0 bridgehead atoms. The van der Waals surface area contributed by atoms with Crippen molar-refractivity contribution in [2.45, 2.75) is 38.5 Å². The molecule has 7 nitrogen and oxygen atoms in total. The van der Waals surface area contributed by atoms with Crippen LogP contribution < -0.4 is 29.6 Å². The molecule has 1 heterocycles. The summed E-state index contributed by atoms with van der Waals surface area (Å²) >= 11 is 0. The molecule has 1 saturated carbocycles. The second-order valence-electron chi connectivity index (χ2n) is 6.49. The first-order valence-corrected chi connectivity index (χ1v) is 8.13. The molecule has 1 saturated heterocycles. The van der Waals surface area contributed by atoms with Crippen molar-refractivity contribution in [1.29, 1.82) is 0 Å². The van der Waals surface area contributed by atoms with Gasteiger partial charge in [0.05, 0.1) is 11.8 Å².